The fraction of sp³-hybridized carbons (Fsp3) is 1.00. The van der Waals surface area contributed by atoms with E-state index >= 15 is 0 Å². The van der Waals surface area contributed by atoms with Crippen LogP contribution >= 0.6 is 11.8 Å². The Kier molecular flexibility index (Phi) is 1.56. The van der Waals surface area contributed by atoms with E-state index in [9.17, 15) is 5.11 Å². The highest BCUT2D eigenvalue weighted by Gasteiger charge is 2.64. The molecule has 0 spiro atoms. The second-order valence-electron chi connectivity index (χ2n) is 4.21. The van der Waals surface area contributed by atoms with E-state index in [1.54, 1.807) is 0 Å². The third-order valence-electron chi connectivity index (χ3n) is 3.56. The number of aliphatic hydroxyl groups is 1. The highest BCUT2D eigenvalue weighted by molar-refractivity contribution is 8.01. The van der Waals surface area contributed by atoms with Gasteiger partial charge in [0.25, 0.3) is 0 Å². The molecule has 1 N–H and O–H groups in total. The first-order valence-corrected chi connectivity index (χ1v) is 5.29. The molecule has 1 saturated heterocycles. The van der Waals surface area contributed by atoms with E-state index in [1.165, 1.54) is 6.42 Å². The molecule has 1 aliphatic carbocycles. The Morgan fingerprint density at radius 3 is 2.64 bits per heavy atom. The standard InChI is InChI=1S/C9H16OS/c1-5-7-4-8(6(2)10)11-9(5,7)3/h5-8,10H,4H2,1-3H3/t5?,6-,7?,8?,9?/m0/s1. The van der Waals surface area contributed by atoms with Gasteiger partial charge < -0.3 is 5.11 Å². The summed E-state index contributed by atoms with van der Waals surface area (Å²) >= 11 is 2.01. The molecule has 2 heteroatoms. The zero-order valence-corrected chi connectivity index (χ0v) is 8.19. The number of rotatable bonds is 1. The van der Waals surface area contributed by atoms with Crippen molar-refractivity contribution in [2.75, 3.05) is 0 Å². The molecule has 64 valence electrons. The van der Waals surface area contributed by atoms with Crippen LogP contribution in [0.15, 0.2) is 0 Å². The van der Waals surface area contributed by atoms with Crippen molar-refractivity contribution < 1.29 is 5.11 Å². The van der Waals surface area contributed by atoms with Crippen LogP contribution in [0, 0.1) is 11.8 Å². The van der Waals surface area contributed by atoms with Gasteiger partial charge in [0, 0.05) is 10.00 Å². The fourth-order valence-electron chi connectivity index (χ4n) is 2.35. The average molecular weight is 172 g/mol. The van der Waals surface area contributed by atoms with Gasteiger partial charge >= 0.3 is 0 Å². The maximum Gasteiger partial charge on any atom is 0.0631 e. The summed E-state index contributed by atoms with van der Waals surface area (Å²) in [5.41, 5.74) is 0. The molecule has 1 saturated carbocycles. The first kappa shape index (κ1) is 7.93. The molecular weight excluding hydrogens is 156 g/mol. The van der Waals surface area contributed by atoms with Crippen LogP contribution in [-0.2, 0) is 0 Å². The summed E-state index contributed by atoms with van der Waals surface area (Å²) in [5, 5.41) is 9.89. The fourth-order valence-corrected chi connectivity index (χ4v) is 4.29. The quantitative estimate of drug-likeness (QED) is 0.652. The molecule has 0 amide bonds. The Balaban J connectivity index is 2.00. The smallest absolute Gasteiger partial charge is 0.0631 e. The molecule has 5 atom stereocenters. The first-order chi connectivity index (χ1) is 5.05. The zero-order chi connectivity index (χ0) is 8.22. The summed E-state index contributed by atoms with van der Waals surface area (Å²) in [5.74, 6) is 1.79. The van der Waals surface area contributed by atoms with Crippen LogP contribution in [0.2, 0.25) is 0 Å². The van der Waals surface area contributed by atoms with Gasteiger partial charge in [-0.1, -0.05) is 6.92 Å². The zero-order valence-electron chi connectivity index (χ0n) is 7.37. The van der Waals surface area contributed by atoms with E-state index in [-0.39, 0.29) is 6.10 Å². The second-order valence-corrected chi connectivity index (χ2v) is 5.93. The van der Waals surface area contributed by atoms with Gasteiger partial charge in [0.2, 0.25) is 0 Å². The second kappa shape index (κ2) is 2.17. The van der Waals surface area contributed by atoms with E-state index < -0.39 is 0 Å². The maximum absolute atomic E-state index is 9.37. The van der Waals surface area contributed by atoms with Crippen LogP contribution in [0.5, 0.6) is 0 Å². The monoisotopic (exact) mass is 172 g/mol. The summed E-state index contributed by atoms with van der Waals surface area (Å²) in [6.45, 7) is 6.59. The lowest BCUT2D eigenvalue weighted by Crippen LogP contribution is -2.19. The van der Waals surface area contributed by atoms with E-state index in [4.69, 9.17) is 0 Å². The molecule has 0 aromatic carbocycles. The van der Waals surface area contributed by atoms with Crippen molar-refractivity contribution in [3.05, 3.63) is 0 Å². The normalized spacial score (nSPS) is 57.3. The molecule has 1 aliphatic heterocycles. The van der Waals surface area contributed by atoms with Gasteiger partial charge in [-0.25, -0.2) is 0 Å². The van der Waals surface area contributed by atoms with Gasteiger partial charge in [-0.05, 0) is 32.1 Å². The average Bonchev–Trinajstić information content (AvgIpc) is 2.34. The van der Waals surface area contributed by atoms with Crippen LogP contribution in [0.25, 0.3) is 0 Å². The van der Waals surface area contributed by atoms with Crippen LogP contribution in [-0.4, -0.2) is 21.2 Å². The van der Waals surface area contributed by atoms with Crippen molar-refractivity contribution in [2.45, 2.75) is 43.3 Å². The van der Waals surface area contributed by atoms with Crippen molar-refractivity contribution in [1.29, 1.82) is 0 Å². The number of hydrogen-bond donors (Lipinski definition) is 1. The lowest BCUT2D eigenvalue weighted by atomic mass is 10.1. The van der Waals surface area contributed by atoms with Crippen molar-refractivity contribution in [3.63, 3.8) is 0 Å². The van der Waals surface area contributed by atoms with Crippen LogP contribution in [0.4, 0.5) is 0 Å². The van der Waals surface area contributed by atoms with Gasteiger partial charge in [-0.2, -0.15) is 0 Å². The van der Waals surface area contributed by atoms with E-state index in [2.05, 4.69) is 13.8 Å². The Morgan fingerprint density at radius 2 is 2.27 bits per heavy atom. The lowest BCUT2D eigenvalue weighted by Gasteiger charge is -2.17. The van der Waals surface area contributed by atoms with Gasteiger partial charge in [0.05, 0.1) is 6.10 Å². The van der Waals surface area contributed by atoms with Crippen LogP contribution in [0.1, 0.15) is 27.2 Å². The Morgan fingerprint density at radius 1 is 1.64 bits per heavy atom. The molecule has 0 aromatic heterocycles. The molecule has 11 heavy (non-hydrogen) atoms. The van der Waals surface area contributed by atoms with Gasteiger partial charge in [0.15, 0.2) is 0 Å². The molecule has 1 nitrogen and oxygen atoms in total. The highest BCUT2D eigenvalue weighted by Crippen LogP contribution is 2.68. The van der Waals surface area contributed by atoms with Gasteiger partial charge in [0.1, 0.15) is 0 Å². The topological polar surface area (TPSA) is 20.2 Å². The molecule has 2 aliphatic rings. The van der Waals surface area contributed by atoms with Crippen molar-refractivity contribution >= 4 is 11.8 Å². The molecule has 0 aromatic rings. The maximum atomic E-state index is 9.37. The minimum absolute atomic E-state index is 0.114. The summed E-state index contributed by atoms with van der Waals surface area (Å²) in [4.78, 5) is 0. The number of aliphatic hydroxyl groups excluding tert-OH is 1. The number of fused-ring (bicyclic) bond motifs is 1. The molecule has 2 fully saturated rings. The Hall–Kier alpha value is 0.310. The Bertz CT molecular complexity index is 180. The van der Waals surface area contributed by atoms with Crippen LogP contribution < -0.4 is 0 Å². The molecule has 1 heterocycles. The SMILES string of the molecule is CC1C2CC([C@H](C)O)SC12C. The van der Waals surface area contributed by atoms with E-state index in [0.29, 0.717) is 10.00 Å². The largest absolute Gasteiger partial charge is 0.392 e. The van der Waals surface area contributed by atoms with Crippen molar-refractivity contribution in [2.24, 2.45) is 11.8 Å². The minimum Gasteiger partial charge on any atom is -0.392 e. The minimum atomic E-state index is -0.114. The predicted octanol–water partition coefficient (Wildman–Crippen LogP) is 1.90. The number of hydrogen-bond acceptors (Lipinski definition) is 2. The molecular formula is C9H16OS. The van der Waals surface area contributed by atoms with Gasteiger partial charge in [-0.3, -0.25) is 0 Å². The van der Waals surface area contributed by atoms with E-state index in [0.717, 1.165) is 11.8 Å². The number of thioether (sulfide) groups is 1. The van der Waals surface area contributed by atoms with Crippen LogP contribution in [0.3, 0.4) is 0 Å². The molecule has 2 rings (SSSR count). The third-order valence-corrected chi connectivity index (χ3v) is 5.64. The summed E-state index contributed by atoms with van der Waals surface area (Å²) in [6, 6.07) is 0. The summed E-state index contributed by atoms with van der Waals surface area (Å²) in [7, 11) is 0. The molecule has 0 bridgehead atoms. The summed E-state index contributed by atoms with van der Waals surface area (Å²) in [6.07, 6.45) is 1.12. The molecule has 0 radical (unpaired) electrons. The highest BCUT2D eigenvalue weighted by atomic mass is 32.2. The third kappa shape index (κ3) is 0.955. The van der Waals surface area contributed by atoms with Crippen molar-refractivity contribution in [1.82, 2.24) is 0 Å². The van der Waals surface area contributed by atoms with Crippen molar-refractivity contribution in [3.8, 4) is 0 Å². The lowest BCUT2D eigenvalue weighted by molar-refractivity contribution is 0.187. The Labute approximate surface area is 72.6 Å². The summed E-state index contributed by atoms with van der Waals surface area (Å²) < 4.78 is 0.529. The predicted molar refractivity (Wildman–Crippen MR) is 48.7 cm³/mol. The molecule has 4 unspecified atom stereocenters. The van der Waals surface area contributed by atoms with E-state index in [1.807, 2.05) is 18.7 Å². The van der Waals surface area contributed by atoms with Gasteiger partial charge in [-0.15, -0.1) is 11.8 Å². The first-order valence-electron chi connectivity index (χ1n) is 4.41.